The van der Waals surface area contributed by atoms with Gasteiger partial charge in [0.1, 0.15) is 6.29 Å². The fourth-order valence-corrected chi connectivity index (χ4v) is 1.68. The summed E-state index contributed by atoms with van der Waals surface area (Å²) in [7, 11) is 2.00. The summed E-state index contributed by atoms with van der Waals surface area (Å²) in [6.07, 6.45) is 3.46. The van der Waals surface area contributed by atoms with Crippen LogP contribution in [0.5, 0.6) is 0 Å². The zero-order valence-corrected chi connectivity index (χ0v) is 11.5. The molecule has 0 unspecified atom stereocenters. The van der Waals surface area contributed by atoms with E-state index < -0.39 is 0 Å². The molecule has 1 aromatic carbocycles. The summed E-state index contributed by atoms with van der Waals surface area (Å²) in [5.74, 6) is 0. The van der Waals surface area contributed by atoms with Crippen LogP contribution < -0.4 is 0 Å². The maximum Gasteiger partial charge on any atom is 0.124 e. The third-order valence-electron chi connectivity index (χ3n) is 2.28. The number of carbonyl (C=O) groups excluding carboxylic acids is 1. The molecule has 0 fully saturated rings. The zero-order chi connectivity index (χ0) is 13.3. The topological polar surface area (TPSA) is 22.0 Å². The monoisotopic (exact) mass is 233 g/mol. The lowest BCUT2D eigenvalue weighted by Gasteiger charge is -1.93. The normalized spacial score (nSPS) is 8.76. The molecule has 94 valence electrons. The molecular formula is C15H23NO. The van der Waals surface area contributed by atoms with E-state index in [1.54, 1.807) is 0 Å². The fraction of sp³-hybridized carbons (Fsp3) is 0.400. The van der Waals surface area contributed by atoms with Crippen LogP contribution in [-0.2, 0) is 18.3 Å². The molecule has 1 aromatic heterocycles. The number of rotatable bonds is 2. The van der Waals surface area contributed by atoms with Crippen molar-refractivity contribution in [2.24, 2.45) is 7.05 Å². The molecule has 0 radical (unpaired) electrons. The first kappa shape index (κ1) is 15.4. The summed E-state index contributed by atoms with van der Waals surface area (Å²) in [5.41, 5.74) is 2.28. The predicted molar refractivity (Wildman–Crippen MR) is 75.4 cm³/mol. The molecule has 0 aliphatic carbocycles. The second-order valence-electron chi connectivity index (χ2n) is 3.15. The summed E-state index contributed by atoms with van der Waals surface area (Å²) < 4.78 is 2.05. The van der Waals surface area contributed by atoms with Crippen LogP contribution >= 0.6 is 0 Å². The molecule has 0 bridgehead atoms. The number of para-hydroxylation sites is 1. The molecule has 0 saturated carbocycles. The summed E-state index contributed by atoms with van der Waals surface area (Å²) in [4.78, 5) is 10.4. The van der Waals surface area contributed by atoms with Crippen LogP contribution in [-0.4, -0.2) is 10.9 Å². The number of fused-ring (bicyclic) bond motifs is 1. The molecule has 2 aromatic rings. The van der Waals surface area contributed by atoms with Crippen LogP contribution in [0.1, 0.15) is 33.3 Å². The second-order valence-corrected chi connectivity index (χ2v) is 3.15. The fourth-order valence-electron chi connectivity index (χ4n) is 1.68. The molecule has 0 amide bonds. The Morgan fingerprint density at radius 2 is 1.71 bits per heavy atom. The van der Waals surface area contributed by atoms with E-state index in [0.717, 1.165) is 11.8 Å². The molecular weight excluding hydrogens is 210 g/mol. The van der Waals surface area contributed by atoms with E-state index in [2.05, 4.69) is 6.07 Å². The van der Waals surface area contributed by atoms with Gasteiger partial charge < -0.3 is 9.36 Å². The average molecular weight is 233 g/mol. The Morgan fingerprint density at radius 1 is 1.12 bits per heavy atom. The van der Waals surface area contributed by atoms with E-state index in [9.17, 15) is 4.79 Å². The Kier molecular flexibility index (Phi) is 7.78. The lowest BCUT2D eigenvalue weighted by atomic mass is 10.1. The Balaban J connectivity index is 0.000000581. The van der Waals surface area contributed by atoms with Crippen molar-refractivity contribution in [2.45, 2.75) is 34.1 Å². The van der Waals surface area contributed by atoms with Gasteiger partial charge in [0.15, 0.2) is 0 Å². The highest BCUT2D eigenvalue weighted by atomic mass is 16.1. The van der Waals surface area contributed by atoms with E-state index in [4.69, 9.17) is 0 Å². The van der Waals surface area contributed by atoms with Gasteiger partial charge in [0, 0.05) is 30.6 Å². The van der Waals surface area contributed by atoms with Gasteiger partial charge in [-0.15, -0.1) is 0 Å². The van der Waals surface area contributed by atoms with Gasteiger partial charge >= 0.3 is 0 Å². The molecule has 0 aliphatic rings. The number of aromatic nitrogens is 1. The Labute approximate surface area is 104 Å². The molecule has 2 rings (SSSR count). The first-order valence-corrected chi connectivity index (χ1v) is 6.29. The van der Waals surface area contributed by atoms with Crippen LogP contribution in [0.25, 0.3) is 10.9 Å². The van der Waals surface area contributed by atoms with Gasteiger partial charge in [-0.1, -0.05) is 45.9 Å². The van der Waals surface area contributed by atoms with Gasteiger partial charge in [0.05, 0.1) is 0 Å². The van der Waals surface area contributed by atoms with E-state index in [1.807, 2.05) is 63.7 Å². The molecule has 0 saturated heterocycles. The molecule has 2 nitrogen and oxygen atoms in total. The van der Waals surface area contributed by atoms with E-state index in [-0.39, 0.29) is 0 Å². The van der Waals surface area contributed by atoms with Gasteiger partial charge in [-0.25, -0.2) is 0 Å². The standard InChI is InChI=1S/C11H11NO.2C2H6/c1-12-8-9(6-7-13)10-4-2-3-5-11(10)12;2*1-2/h2-5,7-8H,6H2,1H3;2*1-2H3. The lowest BCUT2D eigenvalue weighted by molar-refractivity contribution is -0.107. The highest BCUT2D eigenvalue weighted by Crippen LogP contribution is 2.19. The van der Waals surface area contributed by atoms with Crippen LogP contribution in [0.4, 0.5) is 0 Å². The largest absolute Gasteiger partial charge is 0.350 e. The first-order valence-electron chi connectivity index (χ1n) is 6.29. The Hall–Kier alpha value is -1.57. The quantitative estimate of drug-likeness (QED) is 0.719. The highest BCUT2D eigenvalue weighted by molar-refractivity contribution is 5.85. The van der Waals surface area contributed by atoms with Crippen molar-refractivity contribution in [2.75, 3.05) is 0 Å². The highest BCUT2D eigenvalue weighted by Gasteiger charge is 2.03. The smallest absolute Gasteiger partial charge is 0.124 e. The van der Waals surface area contributed by atoms with Crippen LogP contribution in [0.2, 0.25) is 0 Å². The summed E-state index contributed by atoms with van der Waals surface area (Å²) in [6, 6.07) is 8.11. The number of nitrogens with zero attached hydrogens (tertiary/aromatic N) is 1. The van der Waals surface area contributed by atoms with Crippen LogP contribution in [0.3, 0.4) is 0 Å². The van der Waals surface area contributed by atoms with Crippen molar-refractivity contribution in [3.8, 4) is 0 Å². The van der Waals surface area contributed by atoms with Crippen molar-refractivity contribution in [3.63, 3.8) is 0 Å². The second kappa shape index (κ2) is 8.57. The summed E-state index contributed by atoms with van der Waals surface area (Å²) in [6.45, 7) is 8.00. The SMILES string of the molecule is CC.CC.Cn1cc(CC=O)c2ccccc21. The molecule has 0 atom stereocenters. The van der Waals surface area contributed by atoms with Gasteiger partial charge in [-0.2, -0.15) is 0 Å². The van der Waals surface area contributed by atoms with Crippen LogP contribution in [0, 0.1) is 0 Å². The van der Waals surface area contributed by atoms with Crippen molar-refractivity contribution in [3.05, 3.63) is 36.0 Å². The first-order chi connectivity index (χ1) is 8.33. The Morgan fingerprint density at radius 3 is 2.29 bits per heavy atom. The molecule has 0 N–H and O–H groups in total. The number of carbonyl (C=O) groups is 1. The van der Waals surface area contributed by atoms with E-state index in [0.29, 0.717) is 6.42 Å². The molecule has 0 aliphatic heterocycles. The maximum atomic E-state index is 10.4. The molecule has 0 spiro atoms. The van der Waals surface area contributed by atoms with Gasteiger partial charge in [-0.3, -0.25) is 0 Å². The molecule has 17 heavy (non-hydrogen) atoms. The van der Waals surface area contributed by atoms with Crippen molar-refractivity contribution >= 4 is 17.2 Å². The minimum absolute atomic E-state index is 0.501. The predicted octanol–water partition coefficient (Wildman–Crippen LogP) is 3.97. The number of aryl methyl sites for hydroxylation is 1. The van der Waals surface area contributed by atoms with E-state index >= 15 is 0 Å². The molecule has 2 heteroatoms. The average Bonchev–Trinajstić information content (AvgIpc) is 2.73. The third-order valence-corrected chi connectivity index (χ3v) is 2.28. The number of hydrogen-bond acceptors (Lipinski definition) is 1. The van der Waals surface area contributed by atoms with Crippen molar-refractivity contribution in [1.82, 2.24) is 4.57 Å². The molecule has 1 heterocycles. The number of benzene rings is 1. The van der Waals surface area contributed by atoms with Gasteiger partial charge in [0.25, 0.3) is 0 Å². The minimum Gasteiger partial charge on any atom is -0.350 e. The Bertz CT molecular complexity index is 443. The van der Waals surface area contributed by atoms with Gasteiger partial charge in [-0.05, 0) is 11.6 Å². The summed E-state index contributed by atoms with van der Waals surface area (Å²) in [5, 5.41) is 1.18. The van der Waals surface area contributed by atoms with E-state index in [1.165, 1.54) is 10.9 Å². The van der Waals surface area contributed by atoms with Gasteiger partial charge in [0.2, 0.25) is 0 Å². The van der Waals surface area contributed by atoms with Crippen molar-refractivity contribution in [1.29, 1.82) is 0 Å². The van der Waals surface area contributed by atoms with Crippen molar-refractivity contribution < 1.29 is 4.79 Å². The van der Waals surface area contributed by atoms with Crippen LogP contribution in [0.15, 0.2) is 30.5 Å². The zero-order valence-electron chi connectivity index (χ0n) is 11.5. The minimum atomic E-state index is 0.501. The summed E-state index contributed by atoms with van der Waals surface area (Å²) >= 11 is 0. The number of aldehydes is 1. The lowest BCUT2D eigenvalue weighted by Crippen LogP contribution is -1.83. The number of hydrogen-bond donors (Lipinski definition) is 0. The maximum absolute atomic E-state index is 10.4. The third kappa shape index (κ3) is 3.74.